The molecule has 1 N–H and O–H groups in total. The molecule has 5 heteroatoms. The van der Waals surface area contributed by atoms with E-state index in [1.165, 1.54) is 6.07 Å². The summed E-state index contributed by atoms with van der Waals surface area (Å²) in [5.74, 6) is -1.08. The lowest BCUT2D eigenvalue weighted by molar-refractivity contribution is 0.0696. The zero-order chi connectivity index (χ0) is 13.8. The van der Waals surface area contributed by atoms with E-state index in [-0.39, 0.29) is 5.56 Å². The number of hydrogen-bond acceptors (Lipinski definition) is 3. The number of rotatable bonds is 4. The lowest BCUT2D eigenvalue weighted by Crippen LogP contribution is -2.35. The zero-order valence-electron chi connectivity index (χ0n) is 10.9. The molecule has 104 valence electrons. The average Bonchev–Trinajstić information content (AvgIpc) is 2.40. The van der Waals surface area contributed by atoms with E-state index in [0.29, 0.717) is 11.6 Å². The number of halogens is 1. The highest BCUT2D eigenvalue weighted by Crippen LogP contribution is 2.27. The van der Waals surface area contributed by atoms with E-state index >= 15 is 0 Å². The van der Waals surface area contributed by atoms with Crippen molar-refractivity contribution in [3.8, 4) is 0 Å². The molecule has 1 aromatic carbocycles. The Bertz CT molecular complexity index is 456. The number of piperidine rings is 1. The number of nitrogens with zero attached hydrogens (tertiary/aromatic N) is 1. The van der Waals surface area contributed by atoms with E-state index < -0.39 is 11.8 Å². The second-order valence-corrected chi connectivity index (χ2v) is 4.85. The van der Waals surface area contributed by atoms with Gasteiger partial charge < -0.3 is 14.7 Å². The minimum absolute atomic E-state index is 0.0326. The Morgan fingerprint density at radius 3 is 2.74 bits per heavy atom. The Hall–Kier alpha value is -1.62. The largest absolute Gasteiger partial charge is 0.478 e. The molecule has 0 aliphatic carbocycles. The molecule has 0 aromatic heterocycles. The summed E-state index contributed by atoms with van der Waals surface area (Å²) >= 11 is 0. The lowest BCUT2D eigenvalue weighted by atomic mass is 9.96. The summed E-state index contributed by atoms with van der Waals surface area (Å²) in [6, 6.07) is 3.94. The minimum Gasteiger partial charge on any atom is -0.478 e. The van der Waals surface area contributed by atoms with Crippen molar-refractivity contribution in [2.75, 3.05) is 31.7 Å². The van der Waals surface area contributed by atoms with Gasteiger partial charge in [-0.25, -0.2) is 9.18 Å². The molecule has 1 saturated heterocycles. The van der Waals surface area contributed by atoms with E-state index in [0.717, 1.165) is 38.6 Å². The van der Waals surface area contributed by atoms with Gasteiger partial charge >= 0.3 is 5.97 Å². The molecule has 1 heterocycles. The molecule has 1 aliphatic rings. The maximum Gasteiger partial charge on any atom is 0.337 e. The standard InChI is InChI=1S/C14H18FNO3/c1-19-9-10-4-6-16(7-5-10)13-3-2-11(15)8-12(13)14(17)18/h2-3,8,10H,4-7,9H2,1H3,(H,17,18). The first-order chi connectivity index (χ1) is 9.11. The van der Waals surface area contributed by atoms with Gasteiger partial charge in [-0.15, -0.1) is 0 Å². The highest BCUT2D eigenvalue weighted by atomic mass is 19.1. The van der Waals surface area contributed by atoms with Crippen LogP contribution >= 0.6 is 0 Å². The minimum atomic E-state index is -1.09. The molecule has 0 unspecified atom stereocenters. The highest BCUT2D eigenvalue weighted by molar-refractivity contribution is 5.94. The van der Waals surface area contributed by atoms with Crippen LogP contribution in [0.1, 0.15) is 23.2 Å². The van der Waals surface area contributed by atoms with E-state index in [2.05, 4.69) is 0 Å². The molecule has 0 spiro atoms. The molecule has 0 amide bonds. The first-order valence-corrected chi connectivity index (χ1v) is 6.38. The maximum absolute atomic E-state index is 13.1. The van der Waals surface area contributed by atoms with Crippen molar-refractivity contribution in [2.24, 2.45) is 5.92 Å². The molecular weight excluding hydrogens is 249 g/mol. The fourth-order valence-electron chi connectivity index (χ4n) is 2.53. The van der Waals surface area contributed by atoms with Crippen molar-refractivity contribution in [1.82, 2.24) is 0 Å². The summed E-state index contributed by atoms with van der Waals surface area (Å²) in [6.07, 6.45) is 1.93. The van der Waals surface area contributed by atoms with Crippen LogP contribution in [-0.4, -0.2) is 37.9 Å². The molecule has 0 radical (unpaired) electrons. The quantitative estimate of drug-likeness (QED) is 0.910. The van der Waals surface area contributed by atoms with Crippen molar-refractivity contribution in [3.63, 3.8) is 0 Å². The van der Waals surface area contributed by atoms with E-state index in [9.17, 15) is 9.18 Å². The van der Waals surface area contributed by atoms with Gasteiger partial charge in [-0.2, -0.15) is 0 Å². The van der Waals surface area contributed by atoms with Crippen molar-refractivity contribution < 1.29 is 19.0 Å². The normalized spacial score (nSPS) is 16.6. The number of benzene rings is 1. The number of carboxylic acid groups (broad SMARTS) is 1. The molecule has 2 rings (SSSR count). The number of ether oxygens (including phenoxy) is 1. The van der Waals surface area contributed by atoms with Gasteiger partial charge in [0, 0.05) is 26.8 Å². The summed E-state index contributed by atoms with van der Waals surface area (Å²) in [5.41, 5.74) is 0.634. The highest BCUT2D eigenvalue weighted by Gasteiger charge is 2.23. The van der Waals surface area contributed by atoms with Crippen LogP contribution in [0.4, 0.5) is 10.1 Å². The lowest BCUT2D eigenvalue weighted by Gasteiger charge is -2.34. The number of anilines is 1. The molecule has 1 aliphatic heterocycles. The number of methoxy groups -OCH3 is 1. The number of aromatic carboxylic acids is 1. The Balaban J connectivity index is 2.13. The molecule has 0 saturated carbocycles. The number of carbonyl (C=O) groups is 1. The first-order valence-electron chi connectivity index (χ1n) is 6.38. The number of carboxylic acids is 1. The van der Waals surface area contributed by atoms with Crippen molar-refractivity contribution in [2.45, 2.75) is 12.8 Å². The summed E-state index contributed by atoms with van der Waals surface area (Å²) in [6.45, 7) is 2.29. The van der Waals surface area contributed by atoms with Crippen molar-refractivity contribution in [3.05, 3.63) is 29.6 Å². The van der Waals surface area contributed by atoms with Crippen LogP contribution in [0.3, 0.4) is 0 Å². The predicted octanol–water partition coefficient (Wildman–Crippen LogP) is 2.39. The van der Waals surface area contributed by atoms with Gasteiger partial charge in [-0.3, -0.25) is 0 Å². The topological polar surface area (TPSA) is 49.8 Å². The second-order valence-electron chi connectivity index (χ2n) is 4.85. The average molecular weight is 267 g/mol. The smallest absolute Gasteiger partial charge is 0.337 e. The fraction of sp³-hybridized carbons (Fsp3) is 0.500. The Kier molecular flexibility index (Phi) is 4.37. The third kappa shape index (κ3) is 3.23. The van der Waals surface area contributed by atoms with E-state index in [1.807, 2.05) is 4.90 Å². The second kappa shape index (κ2) is 6.02. The van der Waals surface area contributed by atoms with Gasteiger partial charge in [0.05, 0.1) is 11.3 Å². The van der Waals surface area contributed by atoms with Crippen LogP contribution in [0.15, 0.2) is 18.2 Å². The van der Waals surface area contributed by atoms with E-state index in [1.54, 1.807) is 13.2 Å². The summed E-state index contributed by atoms with van der Waals surface area (Å²) in [4.78, 5) is 13.2. The van der Waals surface area contributed by atoms with Crippen molar-refractivity contribution in [1.29, 1.82) is 0 Å². The number of hydrogen-bond donors (Lipinski definition) is 1. The van der Waals surface area contributed by atoms with Crippen LogP contribution in [0.2, 0.25) is 0 Å². The van der Waals surface area contributed by atoms with E-state index in [4.69, 9.17) is 9.84 Å². The molecular formula is C14H18FNO3. The van der Waals surface area contributed by atoms with Crippen molar-refractivity contribution >= 4 is 11.7 Å². The van der Waals surface area contributed by atoms with Gasteiger partial charge in [0.1, 0.15) is 5.82 Å². The fourth-order valence-corrected chi connectivity index (χ4v) is 2.53. The molecule has 1 fully saturated rings. The summed E-state index contributed by atoms with van der Waals surface area (Å²) in [7, 11) is 1.69. The van der Waals surface area contributed by atoms with Crippen LogP contribution in [0.5, 0.6) is 0 Å². The molecule has 0 atom stereocenters. The summed E-state index contributed by atoms with van der Waals surface area (Å²) < 4.78 is 18.3. The van der Waals surface area contributed by atoms with Crippen LogP contribution < -0.4 is 4.90 Å². The van der Waals surface area contributed by atoms with Gasteiger partial charge in [0.15, 0.2) is 0 Å². The van der Waals surface area contributed by atoms with Crippen LogP contribution in [0, 0.1) is 11.7 Å². The third-order valence-corrected chi connectivity index (χ3v) is 3.55. The molecule has 19 heavy (non-hydrogen) atoms. The Morgan fingerprint density at radius 1 is 1.47 bits per heavy atom. The Morgan fingerprint density at radius 2 is 2.16 bits per heavy atom. The monoisotopic (exact) mass is 267 g/mol. The molecule has 4 nitrogen and oxygen atoms in total. The zero-order valence-corrected chi connectivity index (χ0v) is 10.9. The first kappa shape index (κ1) is 13.8. The Labute approximate surface area is 111 Å². The maximum atomic E-state index is 13.1. The SMILES string of the molecule is COCC1CCN(c2ccc(F)cc2C(=O)O)CC1. The van der Waals surface area contributed by atoms with Gasteiger partial charge in [0.2, 0.25) is 0 Å². The third-order valence-electron chi connectivity index (χ3n) is 3.55. The van der Waals surface area contributed by atoms with Crippen LogP contribution in [0.25, 0.3) is 0 Å². The van der Waals surface area contributed by atoms with Gasteiger partial charge in [0.25, 0.3) is 0 Å². The molecule has 0 bridgehead atoms. The molecule has 1 aromatic rings. The summed E-state index contributed by atoms with van der Waals surface area (Å²) in [5, 5.41) is 9.14. The van der Waals surface area contributed by atoms with Crippen LogP contribution in [-0.2, 0) is 4.74 Å². The van der Waals surface area contributed by atoms with Gasteiger partial charge in [-0.1, -0.05) is 0 Å². The van der Waals surface area contributed by atoms with Gasteiger partial charge in [-0.05, 0) is 37.0 Å². The predicted molar refractivity (Wildman–Crippen MR) is 70.2 cm³/mol.